The Hall–Kier alpha value is -2.82. The Bertz CT molecular complexity index is 987. The van der Waals surface area contributed by atoms with Crippen molar-refractivity contribution < 1.29 is 38.7 Å². The number of hydrogen-bond acceptors (Lipinski definition) is 7. The maximum Gasteiger partial charge on any atom is 0.336 e. The third-order valence-corrected chi connectivity index (χ3v) is 6.03. The number of ether oxygens (including phenoxy) is 4. The van der Waals surface area contributed by atoms with Crippen LogP contribution in [-0.2, 0) is 35.0 Å². The normalized spacial score (nSPS) is 30.6. The largest absolute Gasteiger partial charge is 0.479 e. The van der Waals surface area contributed by atoms with Gasteiger partial charge in [-0.3, -0.25) is 4.79 Å². The number of carboxylic acid groups (broad SMARTS) is 1. The van der Waals surface area contributed by atoms with Gasteiger partial charge in [0.15, 0.2) is 18.2 Å². The van der Waals surface area contributed by atoms with Crippen molar-refractivity contribution in [3.63, 3.8) is 0 Å². The van der Waals surface area contributed by atoms with Crippen molar-refractivity contribution in [2.24, 2.45) is 0 Å². The molecule has 4 rings (SSSR count). The molecule has 182 valence electrons. The first-order valence-electron chi connectivity index (χ1n) is 11.1. The van der Waals surface area contributed by atoms with Gasteiger partial charge in [-0.15, -0.1) is 0 Å². The third kappa shape index (κ3) is 5.29. The van der Waals surface area contributed by atoms with Gasteiger partial charge in [0.1, 0.15) is 24.4 Å². The summed E-state index contributed by atoms with van der Waals surface area (Å²) in [6.45, 7) is 2.86. The van der Waals surface area contributed by atoms with E-state index in [-0.39, 0.29) is 13.0 Å². The fraction of sp³-hybridized carbons (Fsp3) is 0.440. The Morgan fingerprint density at radius 2 is 1.74 bits per heavy atom. The zero-order valence-electron chi connectivity index (χ0n) is 19.0. The highest BCUT2D eigenvalue weighted by Gasteiger charge is 2.53. The molecule has 0 aromatic heterocycles. The van der Waals surface area contributed by atoms with E-state index >= 15 is 0 Å². The van der Waals surface area contributed by atoms with Crippen LogP contribution >= 0.6 is 0 Å². The predicted molar refractivity (Wildman–Crippen MR) is 120 cm³/mol. The molecular formula is C25H29NO8. The van der Waals surface area contributed by atoms with Crippen molar-refractivity contribution in [2.75, 3.05) is 6.61 Å². The Morgan fingerprint density at radius 3 is 2.35 bits per heavy atom. The summed E-state index contributed by atoms with van der Waals surface area (Å²) in [4.78, 5) is 24.3. The molecule has 9 heteroatoms. The number of carbonyl (C=O) groups is 2. The molecule has 0 bridgehead atoms. The molecule has 0 spiro atoms. The lowest BCUT2D eigenvalue weighted by atomic mass is 9.91. The average molecular weight is 472 g/mol. The van der Waals surface area contributed by atoms with Crippen LogP contribution in [0.5, 0.6) is 0 Å². The molecule has 2 saturated heterocycles. The Labute approximate surface area is 197 Å². The highest BCUT2D eigenvalue weighted by atomic mass is 16.7. The summed E-state index contributed by atoms with van der Waals surface area (Å²) < 4.78 is 23.9. The minimum Gasteiger partial charge on any atom is -0.479 e. The number of amides is 1. The van der Waals surface area contributed by atoms with E-state index in [1.54, 1.807) is 0 Å². The number of carboxylic acids is 1. The Balaban J connectivity index is 1.66. The first kappa shape index (κ1) is 24.3. The molecule has 2 heterocycles. The van der Waals surface area contributed by atoms with Gasteiger partial charge in [0.2, 0.25) is 5.91 Å². The van der Waals surface area contributed by atoms with E-state index < -0.39 is 54.4 Å². The van der Waals surface area contributed by atoms with E-state index in [4.69, 9.17) is 18.9 Å². The molecule has 2 aromatic rings. The van der Waals surface area contributed by atoms with Crippen molar-refractivity contribution in [1.29, 1.82) is 0 Å². The van der Waals surface area contributed by atoms with E-state index in [0.29, 0.717) is 0 Å². The summed E-state index contributed by atoms with van der Waals surface area (Å²) in [5.74, 6) is -1.60. The van der Waals surface area contributed by atoms with E-state index in [2.05, 4.69) is 5.32 Å². The summed E-state index contributed by atoms with van der Waals surface area (Å²) in [6, 6.07) is 17.3. The van der Waals surface area contributed by atoms with Crippen LogP contribution in [0.2, 0.25) is 0 Å². The van der Waals surface area contributed by atoms with Gasteiger partial charge in [0.25, 0.3) is 0 Å². The average Bonchev–Trinajstić information content (AvgIpc) is 2.82. The lowest BCUT2D eigenvalue weighted by Gasteiger charge is -2.49. The zero-order valence-corrected chi connectivity index (χ0v) is 19.0. The monoisotopic (exact) mass is 471 g/mol. The second-order valence-electron chi connectivity index (χ2n) is 8.75. The second kappa shape index (κ2) is 10.2. The number of fused-ring (bicyclic) bond motifs is 1. The first-order chi connectivity index (χ1) is 16.3. The van der Waals surface area contributed by atoms with E-state index in [1.165, 1.54) is 13.8 Å². The molecule has 3 N–H and O–H groups in total. The van der Waals surface area contributed by atoms with E-state index in [9.17, 15) is 19.8 Å². The van der Waals surface area contributed by atoms with Crippen molar-refractivity contribution in [3.05, 3.63) is 71.8 Å². The van der Waals surface area contributed by atoms with Gasteiger partial charge in [-0.05, 0) is 12.5 Å². The summed E-state index contributed by atoms with van der Waals surface area (Å²) in [7, 11) is 0. The second-order valence-corrected chi connectivity index (χ2v) is 8.75. The SMILES string of the molecule is CC(=O)N[C@@H]1[C@@H](O[C@](C)(Cc2ccccc2)C(=O)O)[C@@H]2O[C@@H](c3ccccc3)OC[C@H]2O[C@@H]1O. The molecule has 9 nitrogen and oxygen atoms in total. The van der Waals surface area contributed by atoms with Crippen molar-refractivity contribution in [1.82, 2.24) is 5.32 Å². The number of benzene rings is 2. The van der Waals surface area contributed by atoms with Gasteiger partial charge in [0.05, 0.1) is 6.61 Å². The molecule has 0 saturated carbocycles. The van der Waals surface area contributed by atoms with Crippen LogP contribution < -0.4 is 5.32 Å². The molecule has 2 aliphatic rings. The molecular weight excluding hydrogens is 442 g/mol. The number of nitrogens with one attached hydrogen (secondary N) is 1. The van der Waals surface area contributed by atoms with Crippen LogP contribution in [0.1, 0.15) is 31.3 Å². The predicted octanol–water partition coefficient (Wildman–Crippen LogP) is 1.79. The Morgan fingerprint density at radius 1 is 1.09 bits per heavy atom. The number of hydrogen-bond donors (Lipinski definition) is 3. The third-order valence-electron chi connectivity index (χ3n) is 6.03. The molecule has 34 heavy (non-hydrogen) atoms. The van der Waals surface area contributed by atoms with Crippen LogP contribution in [0, 0.1) is 0 Å². The van der Waals surface area contributed by atoms with Crippen LogP contribution in [0.25, 0.3) is 0 Å². The van der Waals surface area contributed by atoms with Crippen LogP contribution in [0.3, 0.4) is 0 Å². The highest BCUT2D eigenvalue weighted by molar-refractivity contribution is 5.77. The lowest BCUT2D eigenvalue weighted by Crippen LogP contribution is -2.68. The standard InChI is InChI=1S/C25H29NO8/c1-15(27)26-19-21(34-25(2,24(29)30)13-16-9-5-3-6-10-16)20-18(32-22(19)28)14-31-23(33-20)17-11-7-4-8-12-17/h3-12,18-23,28H,13-14H2,1-2H3,(H,26,27)(H,29,30)/t18-,19-,20-,21-,22+,23+,25-/m1/s1. The van der Waals surface area contributed by atoms with Crippen LogP contribution in [0.15, 0.2) is 60.7 Å². The molecule has 7 atom stereocenters. The van der Waals surface area contributed by atoms with E-state index in [1.807, 2.05) is 60.7 Å². The van der Waals surface area contributed by atoms with Gasteiger partial charge >= 0.3 is 5.97 Å². The quantitative estimate of drug-likeness (QED) is 0.559. The molecule has 1 amide bonds. The molecule has 0 radical (unpaired) electrons. The number of carbonyl (C=O) groups excluding carboxylic acids is 1. The summed E-state index contributed by atoms with van der Waals surface area (Å²) >= 11 is 0. The summed E-state index contributed by atoms with van der Waals surface area (Å²) in [5, 5.41) is 23.4. The van der Waals surface area contributed by atoms with Gasteiger partial charge < -0.3 is 34.5 Å². The minimum absolute atomic E-state index is 0.0689. The van der Waals surface area contributed by atoms with Gasteiger partial charge in [0, 0.05) is 18.9 Å². The van der Waals surface area contributed by atoms with Crippen LogP contribution in [0.4, 0.5) is 0 Å². The van der Waals surface area contributed by atoms with Crippen molar-refractivity contribution in [3.8, 4) is 0 Å². The molecule has 2 aliphatic heterocycles. The van der Waals surface area contributed by atoms with Gasteiger partial charge in [-0.25, -0.2) is 4.79 Å². The maximum atomic E-state index is 12.4. The summed E-state index contributed by atoms with van der Waals surface area (Å²) in [6.07, 6.45) is -4.67. The van der Waals surface area contributed by atoms with Gasteiger partial charge in [-0.1, -0.05) is 60.7 Å². The first-order valence-corrected chi connectivity index (χ1v) is 11.1. The Kier molecular flexibility index (Phi) is 7.30. The molecule has 0 aliphatic carbocycles. The molecule has 0 unspecified atom stereocenters. The highest BCUT2D eigenvalue weighted by Crippen LogP contribution is 2.37. The fourth-order valence-corrected chi connectivity index (χ4v) is 4.35. The van der Waals surface area contributed by atoms with Crippen LogP contribution in [-0.4, -0.2) is 64.9 Å². The number of rotatable bonds is 7. The van der Waals surface area contributed by atoms with Crippen molar-refractivity contribution >= 4 is 11.9 Å². The lowest BCUT2D eigenvalue weighted by molar-refractivity contribution is -0.349. The van der Waals surface area contributed by atoms with Gasteiger partial charge in [-0.2, -0.15) is 0 Å². The number of aliphatic hydroxyl groups excluding tert-OH is 1. The molecule has 2 fully saturated rings. The smallest absolute Gasteiger partial charge is 0.336 e. The summed E-state index contributed by atoms with van der Waals surface area (Å²) in [5.41, 5.74) is -0.135. The fourth-order valence-electron chi connectivity index (χ4n) is 4.35. The van der Waals surface area contributed by atoms with E-state index in [0.717, 1.165) is 11.1 Å². The topological polar surface area (TPSA) is 124 Å². The zero-order chi connectivity index (χ0) is 24.3. The number of aliphatic hydroxyl groups is 1. The van der Waals surface area contributed by atoms with Crippen molar-refractivity contribution in [2.45, 2.75) is 62.8 Å². The maximum absolute atomic E-state index is 12.4. The minimum atomic E-state index is -1.67. The molecule has 2 aromatic carbocycles. The number of aliphatic carboxylic acids is 1.